The first-order valence-corrected chi connectivity index (χ1v) is 12.3. The van der Waals surface area contributed by atoms with Crippen LogP contribution < -0.4 is 10.6 Å². The average molecular weight is 496 g/mol. The Balaban J connectivity index is 1.37. The van der Waals surface area contributed by atoms with Crippen LogP contribution in [0.5, 0.6) is 0 Å². The number of halogens is 2. The van der Waals surface area contributed by atoms with Gasteiger partial charge in [-0.2, -0.15) is 0 Å². The fourth-order valence-electron chi connectivity index (χ4n) is 4.26. The summed E-state index contributed by atoms with van der Waals surface area (Å²) in [7, 11) is 1.70. The molecular formula is C27H31ClFN5O. The fourth-order valence-corrected chi connectivity index (χ4v) is 4.48. The lowest BCUT2D eigenvalue weighted by atomic mass is 9.87. The molecule has 0 unspecified atom stereocenters. The number of nitrogens with zero attached hydrogens (tertiary/aromatic N) is 3. The molecule has 0 bridgehead atoms. The van der Waals surface area contributed by atoms with Crippen LogP contribution in [0.2, 0.25) is 5.02 Å². The minimum Gasteiger partial charge on any atom is -0.383 e. The zero-order valence-corrected chi connectivity index (χ0v) is 20.6. The van der Waals surface area contributed by atoms with Crippen LogP contribution in [0.25, 0.3) is 11.1 Å². The summed E-state index contributed by atoms with van der Waals surface area (Å²) in [6.45, 7) is 1.89. The SMILES string of the molecule is COCCN=CC1CCC(Nc2cc(-c3cncc(NCc4cccc(F)c4)c3)c(Cl)cn2)CC1. The summed E-state index contributed by atoms with van der Waals surface area (Å²) >= 11 is 6.50. The molecule has 6 nitrogen and oxygen atoms in total. The molecule has 8 heteroatoms. The average Bonchev–Trinajstić information content (AvgIpc) is 2.88. The zero-order valence-electron chi connectivity index (χ0n) is 19.9. The molecule has 0 amide bonds. The minimum absolute atomic E-state index is 0.247. The molecule has 184 valence electrons. The van der Waals surface area contributed by atoms with Gasteiger partial charge in [0.1, 0.15) is 11.6 Å². The molecule has 0 radical (unpaired) electrons. The molecule has 3 aromatic rings. The van der Waals surface area contributed by atoms with Crippen molar-refractivity contribution < 1.29 is 9.13 Å². The van der Waals surface area contributed by atoms with Gasteiger partial charge in [0.2, 0.25) is 0 Å². The molecule has 35 heavy (non-hydrogen) atoms. The predicted molar refractivity (Wildman–Crippen MR) is 141 cm³/mol. The van der Waals surface area contributed by atoms with Gasteiger partial charge in [0.15, 0.2) is 0 Å². The summed E-state index contributed by atoms with van der Waals surface area (Å²) < 4.78 is 18.5. The first kappa shape index (κ1) is 25.1. The number of benzene rings is 1. The van der Waals surface area contributed by atoms with Gasteiger partial charge in [-0.25, -0.2) is 9.37 Å². The molecule has 1 aliphatic carbocycles. The van der Waals surface area contributed by atoms with Crippen molar-refractivity contribution in [1.82, 2.24) is 9.97 Å². The van der Waals surface area contributed by atoms with Crippen LogP contribution in [0.4, 0.5) is 15.9 Å². The number of ether oxygens (including phenoxy) is 1. The molecule has 1 saturated carbocycles. The lowest BCUT2D eigenvalue weighted by Crippen LogP contribution is -2.27. The Morgan fingerprint density at radius 2 is 2.00 bits per heavy atom. The lowest BCUT2D eigenvalue weighted by Gasteiger charge is -2.27. The number of rotatable bonds is 10. The topological polar surface area (TPSA) is 71.4 Å². The highest BCUT2D eigenvalue weighted by molar-refractivity contribution is 6.33. The Morgan fingerprint density at radius 3 is 2.80 bits per heavy atom. The molecule has 2 aromatic heterocycles. The van der Waals surface area contributed by atoms with Crippen molar-refractivity contribution in [2.24, 2.45) is 10.9 Å². The second-order valence-electron chi connectivity index (χ2n) is 8.80. The van der Waals surface area contributed by atoms with Gasteiger partial charge in [0, 0.05) is 55.6 Å². The van der Waals surface area contributed by atoms with Gasteiger partial charge < -0.3 is 15.4 Å². The van der Waals surface area contributed by atoms with Crippen LogP contribution >= 0.6 is 11.6 Å². The number of hydrogen-bond acceptors (Lipinski definition) is 6. The second kappa shape index (κ2) is 12.6. The Kier molecular flexibility index (Phi) is 9.03. The summed E-state index contributed by atoms with van der Waals surface area (Å²) in [6.07, 6.45) is 11.7. The Labute approximate surface area is 211 Å². The highest BCUT2D eigenvalue weighted by Crippen LogP contribution is 2.32. The van der Waals surface area contributed by atoms with E-state index in [1.165, 1.54) is 12.1 Å². The quantitative estimate of drug-likeness (QED) is 0.257. The van der Waals surface area contributed by atoms with Gasteiger partial charge >= 0.3 is 0 Å². The van der Waals surface area contributed by atoms with E-state index in [1.54, 1.807) is 31.8 Å². The maximum absolute atomic E-state index is 13.4. The number of anilines is 2. The third-order valence-electron chi connectivity index (χ3n) is 6.15. The summed E-state index contributed by atoms with van der Waals surface area (Å²) in [5.41, 5.74) is 3.45. The second-order valence-corrected chi connectivity index (χ2v) is 9.21. The number of aliphatic imine (C=N–C) groups is 1. The van der Waals surface area contributed by atoms with E-state index in [4.69, 9.17) is 16.3 Å². The van der Waals surface area contributed by atoms with E-state index in [1.807, 2.05) is 18.2 Å². The molecule has 2 heterocycles. The molecule has 1 fully saturated rings. The van der Waals surface area contributed by atoms with Crippen molar-refractivity contribution in [2.75, 3.05) is 30.9 Å². The van der Waals surface area contributed by atoms with Crippen LogP contribution in [0.1, 0.15) is 31.2 Å². The van der Waals surface area contributed by atoms with E-state index in [2.05, 4.69) is 31.8 Å². The van der Waals surface area contributed by atoms with Crippen molar-refractivity contribution >= 4 is 29.3 Å². The highest BCUT2D eigenvalue weighted by Gasteiger charge is 2.20. The van der Waals surface area contributed by atoms with Crippen LogP contribution in [-0.2, 0) is 11.3 Å². The van der Waals surface area contributed by atoms with Gasteiger partial charge in [0.25, 0.3) is 0 Å². The van der Waals surface area contributed by atoms with Crippen molar-refractivity contribution in [3.63, 3.8) is 0 Å². The van der Waals surface area contributed by atoms with Crippen molar-refractivity contribution in [2.45, 2.75) is 38.3 Å². The highest BCUT2D eigenvalue weighted by atomic mass is 35.5. The zero-order chi connectivity index (χ0) is 24.5. The predicted octanol–water partition coefficient (Wildman–Crippen LogP) is 6.24. The molecule has 2 N–H and O–H groups in total. The maximum Gasteiger partial charge on any atom is 0.126 e. The third-order valence-corrected chi connectivity index (χ3v) is 6.46. The molecule has 0 aliphatic heterocycles. The van der Waals surface area contributed by atoms with E-state index in [9.17, 15) is 4.39 Å². The Bertz CT molecular complexity index is 1130. The molecule has 1 aromatic carbocycles. The smallest absolute Gasteiger partial charge is 0.126 e. The van der Waals surface area contributed by atoms with Gasteiger partial charge in [-0.1, -0.05) is 23.7 Å². The van der Waals surface area contributed by atoms with Crippen LogP contribution in [-0.4, -0.2) is 42.5 Å². The van der Waals surface area contributed by atoms with Gasteiger partial charge in [0.05, 0.1) is 23.9 Å². The standard InChI is InChI=1S/C27H31ClFN5O/c1-35-10-9-30-14-19-5-7-23(8-6-19)34-27-13-25(26(28)18-33-27)21-12-24(17-31-16-21)32-15-20-3-2-4-22(29)11-20/h2-4,11-14,16-19,23,32H,5-10,15H2,1H3,(H,33,34). The molecule has 1 aliphatic rings. The number of hydrogen-bond donors (Lipinski definition) is 2. The van der Waals surface area contributed by atoms with E-state index in [-0.39, 0.29) is 5.82 Å². The van der Waals surface area contributed by atoms with E-state index < -0.39 is 0 Å². The number of methoxy groups -OCH3 is 1. The Morgan fingerprint density at radius 1 is 1.14 bits per heavy atom. The molecule has 0 saturated heterocycles. The van der Waals surface area contributed by atoms with Crippen molar-refractivity contribution in [3.8, 4) is 11.1 Å². The van der Waals surface area contributed by atoms with Crippen molar-refractivity contribution in [1.29, 1.82) is 0 Å². The number of nitrogens with one attached hydrogen (secondary N) is 2. The molecule has 0 spiro atoms. The molecule has 4 rings (SSSR count). The summed E-state index contributed by atoms with van der Waals surface area (Å²) in [6, 6.07) is 10.9. The van der Waals surface area contributed by atoms with E-state index in [0.717, 1.165) is 60.4 Å². The molecule has 0 atom stereocenters. The third kappa shape index (κ3) is 7.47. The van der Waals surface area contributed by atoms with E-state index >= 15 is 0 Å². The summed E-state index contributed by atoms with van der Waals surface area (Å²) in [4.78, 5) is 13.3. The van der Waals surface area contributed by atoms with Crippen LogP contribution in [0.15, 0.2) is 60.0 Å². The van der Waals surface area contributed by atoms with Gasteiger partial charge in [-0.3, -0.25) is 9.98 Å². The van der Waals surface area contributed by atoms with Crippen LogP contribution in [0.3, 0.4) is 0 Å². The maximum atomic E-state index is 13.4. The molecular weight excluding hydrogens is 465 g/mol. The largest absolute Gasteiger partial charge is 0.383 e. The summed E-state index contributed by atoms with van der Waals surface area (Å²) in [5.74, 6) is 1.09. The van der Waals surface area contributed by atoms with Crippen LogP contribution in [0, 0.1) is 11.7 Å². The van der Waals surface area contributed by atoms with Crippen molar-refractivity contribution in [3.05, 3.63) is 71.4 Å². The van der Waals surface area contributed by atoms with Gasteiger partial charge in [-0.05, 0) is 61.4 Å². The van der Waals surface area contributed by atoms with E-state index in [0.29, 0.717) is 30.1 Å². The minimum atomic E-state index is -0.247. The first-order chi connectivity index (χ1) is 17.1. The Hall–Kier alpha value is -3.03. The monoisotopic (exact) mass is 495 g/mol. The lowest BCUT2D eigenvalue weighted by molar-refractivity contribution is 0.208. The van der Waals surface area contributed by atoms with Gasteiger partial charge in [-0.15, -0.1) is 0 Å². The number of pyridine rings is 2. The fraction of sp³-hybridized carbons (Fsp3) is 0.370. The normalized spacial score (nSPS) is 18.0. The first-order valence-electron chi connectivity index (χ1n) is 12.0. The summed E-state index contributed by atoms with van der Waals surface area (Å²) in [5, 5.41) is 7.44. The number of aromatic nitrogens is 2.